The number of carbonyl (C=O) groups is 1. The molecule has 1 aromatic carbocycles. The first-order valence-electron chi connectivity index (χ1n) is 6.90. The maximum atomic E-state index is 12.2. The molecule has 0 saturated carbocycles. The Morgan fingerprint density at radius 2 is 1.96 bits per heavy atom. The van der Waals surface area contributed by atoms with Gasteiger partial charge in [0.1, 0.15) is 5.69 Å². The zero-order valence-electron chi connectivity index (χ0n) is 13.2. The molecule has 0 bridgehead atoms. The second-order valence-electron chi connectivity index (χ2n) is 4.99. The number of aryl methyl sites for hydroxylation is 2. The molecule has 1 aromatic heterocycles. The van der Waals surface area contributed by atoms with E-state index in [9.17, 15) is 4.79 Å². The summed E-state index contributed by atoms with van der Waals surface area (Å²) in [5.74, 6) is -0.189. The minimum absolute atomic E-state index is 0.0757. The van der Waals surface area contributed by atoms with Gasteiger partial charge in [0, 0.05) is 12.3 Å². The van der Waals surface area contributed by atoms with E-state index in [-0.39, 0.29) is 11.9 Å². The number of anilines is 2. The highest BCUT2D eigenvalue weighted by molar-refractivity contribution is 7.13. The highest BCUT2D eigenvalue weighted by Gasteiger charge is 2.28. The zero-order chi connectivity index (χ0) is 17.0. The molecule has 0 aliphatic rings. The Hall–Kier alpha value is -2.74. The standard InChI is InChI=1S/C15H18N6OS/c1-9-5-4-6-10(2)13(9)21(11(3)22)15-19-12(8-23-15)7-18-20-14(16)17/h4-8H,1-3H3,(H4,16,17,20)/p+1/b18-7+. The SMILES string of the molecule is CC(=O)N(c1[nH+]c(/C=N/N=C(N)N)cs1)c1c(C)cccc1C. The number of nitrogens with two attached hydrogens (primary N) is 2. The van der Waals surface area contributed by atoms with Crippen LogP contribution < -0.4 is 21.4 Å². The molecular weight excluding hydrogens is 312 g/mol. The van der Waals surface area contributed by atoms with Crippen molar-refractivity contribution in [2.24, 2.45) is 21.7 Å². The van der Waals surface area contributed by atoms with E-state index in [4.69, 9.17) is 11.5 Å². The summed E-state index contributed by atoms with van der Waals surface area (Å²) in [6, 6.07) is 5.93. The summed E-state index contributed by atoms with van der Waals surface area (Å²) in [7, 11) is 0. The van der Waals surface area contributed by atoms with E-state index >= 15 is 0 Å². The van der Waals surface area contributed by atoms with Crippen LogP contribution in [0.1, 0.15) is 23.7 Å². The van der Waals surface area contributed by atoms with Crippen molar-refractivity contribution in [1.82, 2.24) is 0 Å². The van der Waals surface area contributed by atoms with Gasteiger partial charge in [0.2, 0.25) is 5.96 Å². The molecule has 0 unspecified atom stereocenters. The lowest BCUT2D eigenvalue weighted by molar-refractivity contribution is -0.357. The van der Waals surface area contributed by atoms with Gasteiger partial charge < -0.3 is 11.5 Å². The van der Waals surface area contributed by atoms with Gasteiger partial charge in [-0.2, -0.15) is 10.0 Å². The quantitative estimate of drug-likeness (QED) is 0.502. The largest absolute Gasteiger partial charge is 0.369 e. The zero-order valence-corrected chi connectivity index (χ0v) is 14.0. The third kappa shape index (κ3) is 3.92. The summed E-state index contributed by atoms with van der Waals surface area (Å²) < 4.78 is 0. The van der Waals surface area contributed by atoms with Gasteiger partial charge in [-0.1, -0.05) is 29.5 Å². The number of nitrogens with zero attached hydrogens (tertiary/aromatic N) is 3. The summed E-state index contributed by atoms with van der Waals surface area (Å²) in [5.41, 5.74) is 14.1. The first-order valence-corrected chi connectivity index (χ1v) is 7.77. The Labute approximate surface area is 138 Å². The van der Waals surface area contributed by atoms with Crippen LogP contribution in [0.4, 0.5) is 10.8 Å². The smallest absolute Gasteiger partial charge is 0.347 e. The lowest BCUT2D eigenvalue weighted by atomic mass is 10.1. The third-order valence-corrected chi connectivity index (χ3v) is 3.98. The highest BCUT2D eigenvalue weighted by atomic mass is 32.1. The summed E-state index contributed by atoms with van der Waals surface area (Å²) in [6.07, 6.45) is 1.49. The van der Waals surface area contributed by atoms with Crippen molar-refractivity contribution in [3.05, 3.63) is 40.4 Å². The Morgan fingerprint density at radius 3 is 2.52 bits per heavy atom. The number of H-pyrrole nitrogens is 1. The van der Waals surface area contributed by atoms with E-state index in [1.165, 1.54) is 24.5 Å². The Kier molecular flexibility index (Phi) is 5.07. The topological polar surface area (TPSA) is 111 Å². The number of aromatic amines is 1. The molecule has 0 atom stereocenters. The number of carbonyl (C=O) groups excluding carboxylic acids is 1. The normalized spacial score (nSPS) is 10.7. The van der Waals surface area contributed by atoms with Crippen LogP contribution in [0.3, 0.4) is 0 Å². The van der Waals surface area contributed by atoms with E-state index in [1.54, 1.807) is 4.90 Å². The molecule has 5 N–H and O–H groups in total. The van der Waals surface area contributed by atoms with Crippen LogP contribution in [0, 0.1) is 13.8 Å². The van der Waals surface area contributed by atoms with Crippen molar-refractivity contribution in [2.75, 3.05) is 4.90 Å². The maximum absolute atomic E-state index is 12.2. The molecule has 0 saturated heterocycles. The number of rotatable bonds is 4. The molecule has 7 nitrogen and oxygen atoms in total. The van der Waals surface area contributed by atoms with Gasteiger partial charge in [-0.15, -0.1) is 5.10 Å². The number of aromatic nitrogens is 1. The van der Waals surface area contributed by atoms with Crippen LogP contribution in [0.5, 0.6) is 0 Å². The monoisotopic (exact) mass is 331 g/mol. The van der Waals surface area contributed by atoms with Gasteiger partial charge in [-0.05, 0) is 25.0 Å². The summed E-state index contributed by atoms with van der Waals surface area (Å²) in [6.45, 7) is 5.49. The molecule has 2 rings (SSSR count). The summed E-state index contributed by atoms with van der Waals surface area (Å²) >= 11 is 1.40. The Morgan fingerprint density at radius 1 is 1.30 bits per heavy atom. The fraction of sp³-hybridized carbons (Fsp3) is 0.200. The van der Waals surface area contributed by atoms with Crippen LogP contribution in [0.15, 0.2) is 33.8 Å². The molecule has 0 radical (unpaired) electrons. The van der Waals surface area contributed by atoms with E-state index in [2.05, 4.69) is 15.2 Å². The van der Waals surface area contributed by atoms with Crippen LogP contribution in [-0.4, -0.2) is 18.1 Å². The van der Waals surface area contributed by atoms with Crippen LogP contribution in [0.2, 0.25) is 0 Å². The summed E-state index contributed by atoms with van der Waals surface area (Å²) in [4.78, 5) is 17.0. The predicted molar refractivity (Wildman–Crippen MR) is 93.0 cm³/mol. The molecule has 0 spiro atoms. The maximum Gasteiger partial charge on any atom is 0.347 e. The number of benzene rings is 1. The van der Waals surface area contributed by atoms with Gasteiger partial charge in [0.05, 0.1) is 6.21 Å². The molecule has 0 aliphatic carbocycles. The van der Waals surface area contributed by atoms with Crippen molar-refractivity contribution in [3.63, 3.8) is 0 Å². The molecule has 0 fully saturated rings. The fourth-order valence-corrected chi connectivity index (χ4v) is 3.05. The molecule has 23 heavy (non-hydrogen) atoms. The highest BCUT2D eigenvalue weighted by Crippen LogP contribution is 2.31. The molecule has 8 heteroatoms. The number of para-hydroxylation sites is 1. The van der Waals surface area contributed by atoms with Crippen molar-refractivity contribution < 1.29 is 9.78 Å². The van der Waals surface area contributed by atoms with E-state index in [0.717, 1.165) is 16.8 Å². The number of hydrogen-bond donors (Lipinski definition) is 2. The summed E-state index contributed by atoms with van der Waals surface area (Å²) in [5, 5.41) is 9.83. The number of hydrogen-bond acceptors (Lipinski definition) is 4. The van der Waals surface area contributed by atoms with Crippen LogP contribution in [-0.2, 0) is 4.79 Å². The first kappa shape index (κ1) is 16.6. The van der Waals surface area contributed by atoms with Crippen molar-refractivity contribution in [3.8, 4) is 0 Å². The molecule has 1 heterocycles. The van der Waals surface area contributed by atoms with Gasteiger partial charge in [-0.3, -0.25) is 0 Å². The van der Waals surface area contributed by atoms with Gasteiger partial charge in [-0.25, -0.2) is 9.78 Å². The lowest BCUT2D eigenvalue weighted by Gasteiger charge is -2.15. The lowest BCUT2D eigenvalue weighted by Crippen LogP contribution is -2.29. The Balaban J connectivity index is 2.41. The van der Waals surface area contributed by atoms with Crippen LogP contribution in [0.25, 0.3) is 0 Å². The third-order valence-electron chi connectivity index (χ3n) is 3.10. The van der Waals surface area contributed by atoms with Crippen LogP contribution >= 0.6 is 11.3 Å². The second kappa shape index (κ2) is 7.01. The molecule has 0 aliphatic heterocycles. The van der Waals surface area contributed by atoms with Gasteiger partial charge >= 0.3 is 11.0 Å². The molecule has 1 amide bonds. The predicted octanol–water partition coefficient (Wildman–Crippen LogP) is 1.47. The number of nitrogens with one attached hydrogen (secondary N) is 1. The van der Waals surface area contributed by atoms with E-state index in [1.807, 2.05) is 37.4 Å². The van der Waals surface area contributed by atoms with Crippen molar-refractivity contribution in [1.29, 1.82) is 0 Å². The average molecular weight is 331 g/mol. The first-order chi connectivity index (χ1) is 10.9. The Bertz CT molecular complexity index is 756. The van der Waals surface area contributed by atoms with Gasteiger partial charge in [0.15, 0.2) is 5.69 Å². The second-order valence-corrected chi connectivity index (χ2v) is 5.84. The molecular formula is C15H19N6OS+. The fourth-order valence-electron chi connectivity index (χ4n) is 2.19. The van der Waals surface area contributed by atoms with Crippen molar-refractivity contribution >= 4 is 40.2 Å². The van der Waals surface area contributed by atoms with Crippen molar-refractivity contribution in [2.45, 2.75) is 20.8 Å². The molecule has 120 valence electrons. The van der Waals surface area contributed by atoms with E-state index in [0.29, 0.717) is 10.8 Å². The number of guanidine groups is 1. The molecule has 2 aromatic rings. The average Bonchev–Trinajstić information content (AvgIpc) is 2.90. The minimum atomic E-state index is -0.113. The number of thiazole rings is 1. The van der Waals surface area contributed by atoms with E-state index < -0.39 is 0 Å². The van der Waals surface area contributed by atoms with Gasteiger partial charge in [0.25, 0.3) is 0 Å². The number of amides is 1. The minimum Gasteiger partial charge on any atom is -0.369 e.